The van der Waals surface area contributed by atoms with Gasteiger partial charge in [-0.3, -0.25) is 0 Å². The summed E-state index contributed by atoms with van der Waals surface area (Å²) < 4.78 is 0. The third-order valence-electron chi connectivity index (χ3n) is 6.60. The average molecular weight is 477 g/mol. The monoisotopic (exact) mass is 476 g/mol. The normalized spacial score (nSPS) is 11.8. The number of aromatic hydroxyl groups is 2. The van der Waals surface area contributed by atoms with Gasteiger partial charge >= 0.3 is 0 Å². The molecule has 0 radical (unpaired) electrons. The SMILES string of the molecule is CCc1cc(SC[Si](CC)(CC)CSc2cc(CC)c(O)c(CC)c2)cc(CC)c1O. The summed E-state index contributed by atoms with van der Waals surface area (Å²) in [5.74, 6) is 0.982. The van der Waals surface area contributed by atoms with Gasteiger partial charge in [-0.2, -0.15) is 0 Å². The fraction of sp³-hybridized carbons (Fsp3) is 0.538. The van der Waals surface area contributed by atoms with Gasteiger partial charge in [-0.15, -0.1) is 23.5 Å². The predicted octanol–water partition coefficient (Wildman–Crippen LogP) is 7.80. The maximum Gasteiger partial charge on any atom is 0.122 e. The number of rotatable bonds is 12. The summed E-state index contributed by atoms with van der Waals surface area (Å²) in [6.07, 6.45) is 3.47. The molecule has 0 unspecified atom stereocenters. The van der Waals surface area contributed by atoms with Gasteiger partial charge in [-0.1, -0.05) is 53.6 Å². The second kappa shape index (κ2) is 12.3. The van der Waals surface area contributed by atoms with Crippen molar-refractivity contribution in [2.24, 2.45) is 0 Å². The topological polar surface area (TPSA) is 40.5 Å². The molecule has 0 aliphatic heterocycles. The van der Waals surface area contributed by atoms with Crippen LogP contribution in [-0.4, -0.2) is 29.0 Å². The number of hydrogen-bond donors (Lipinski definition) is 2. The average Bonchev–Trinajstić information content (AvgIpc) is 2.80. The molecule has 2 aromatic carbocycles. The van der Waals surface area contributed by atoms with Gasteiger partial charge in [-0.25, -0.2) is 0 Å². The zero-order chi connectivity index (χ0) is 23.0. The zero-order valence-electron chi connectivity index (χ0n) is 20.2. The predicted molar refractivity (Wildman–Crippen MR) is 142 cm³/mol. The quantitative estimate of drug-likeness (QED) is 0.242. The lowest BCUT2D eigenvalue weighted by Crippen LogP contribution is -2.39. The van der Waals surface area contributed by atoms with Crippen molar-refractivity contribution in [1.82, 2.24) is 0 Å². The Bertz CT molecular complexity index is 745. The Morgan fingerprint density at radius 1 is 0.581 bits per heavy atom. The third kappa shape index (κ3) is 6.49. The second-order valence-electron chi connectivity index (χ2n) is 8.38. The highest BCUT2D eigenvalue weighted by atomic mass is 32.2. The molecule has 0 bridgehead atoms. The van der Waals surface area contributed by atoms with Crippen LogP contribution in [-0.2, 0) is 25.7 Å². The van der Waals surface area contributed by atoms with Crippen LogP contribution in [0.15, 0.2) is 34.1 Å². The van der Waals surface area contributed by atoms with Crippen LogP contribution in [0, 0.1) is 0 Å². The molecule has 2 N–H and O–H groups in total. The first kappa shape index (κ1) is 26.2. The summed E-state index contributed by atoms with van der Waals surface area (Å²) in [4.78, 5) is 2.61. The highest BCUT2D eigenvalue weighted by Gasteiger charge is 2.29. The molecular weight excluding hydrogens is 437 g/mol. The first-order valence-electron chi connectivity index (χ1n) is 11.8. The lowest BCUT2D eigenvalue weighted by atomic mass is 10.1. The van der Waals surface area contributed by atoms with Gasteiger partial charge in [0, 0.05) is 9.79 Å². The minimum atomic E-state index is -1.45. The van der Waals surface area contributed by atoms with Crippen LogP contribution in [0.4, 0.5) is 0 Å². The minimum Gasteiger partial charge on any atom is -0.507 e. The standard InChI is InChI=1S/C26H40O2S2Si/c1-7-19-13-23(14-20(8-2)25(19)27)29-17-31(11-5,12-6)18-30-24-15-21(9-3)26(28)22(10-4)16-24/h13-16,27-28H,7-12,17-18H2,1-6H3. The van der Waals surface area contributed by atoms with E-state index in [0.29, 0.717) is 11.5 Å². The van der Waals surface area contributed by atoms with E-state index in [9.17, 15) is 10.2 Å². The fourth-order valence-corrected chi connectivity index (χ4v) is 13.4. The molecule has 0 saturated heterocycles. The molecule has 2 rings (SSSR count). The van der Waals surface area contributed by atoms with E-state index in [1.165, 1.54) is 32.6 Å². The molecule has 2 nitrogen and oxygen atoms in total. The molecular formula is C26H40O2S2Si. The van der Waals surface area contributed by atoms with Crippen molar-refractivity contribution in [1.29, 1.82) is 0 Å². The van der Waals surface area contributed by atoms with Gasteiger partial charge < -0.3 is 10.2 Å². The Morgan fingerprint density at radius 3 is 1.10 bits per heavy atom. The van der Waals surface area contributed by atoms with Crippen molar-refractivity contribution in [2.75, 3.05) is 10.8 Å². The summed E-state index contributed by atoms with van der Waals surface area (Å²) in [5.41, 5.74) is 4.28. The number of phenols is 2. The van der Waals surface area contributed by atoms with E-state index in [0.717, 1.165) is 47.9 Å². The van der Waals surface area contributed by atoms with Crippen molar-refractivity contribution >= 4 is 31.6 Å². The van der Waals surface area contributed by atoms with Crippen LogP contribution in [0.2, 0.25) is 12.1 Å². The van der Waals surface area contributed by atoms with Gasteiger partial charge in [0.15, 0.2) is 0 Å². The molecule has 0 aliphatic carbocycles. The van der Waals surface area contributed by atoms with Gasteiger partial charge in [0.2, 0.25) is 0 Å². The van der Waals surface area contributed by atoms with E-state index >= 15 is 0 Å². The van der Waals surface area contributed by atoms with E-state index in [2.05, 4.69) is 65.8 Å². The Hall–Kier alpha value is -1.04. The summed E-state index contributed by atoms with van der Waals surface area (Å²) in [6.45, 7) is 13.2. The molecule has 0 saturated carbocycles. The van der Waals surface area contributed by atoms with Crippen LogP contribution >= 0.6 is 23.5 Å². The summed E-state index contributed by atoms with van der Waals surface area (Å²) in [6, 6.07) is 11.3. The van der Waals surface area contributed by atoms with Crippen molar-refractivity contribution in [3.05, 3.63) is 46.5 Å². The smallest absolute Gasteiger partial charge is 0.122 e. The number of phenolic OH excluding ortho intramolecular Hbond substituents is 2. The van der Waals surface area contributed by atoms with E-state index < -0.39 is 8.07 Å². The Balaban J connectivity index is 2.18. The molecule has 0 spiro atoms. The lowest BCUT2D eigenvalue weighted by molar-refractivity contribution is 0.461. The summed E-state index contributed by atoms with van der Waals surface area (Å²) in [5, 5.41) is 23.3. The maximum absolute atomic E-state index is 10.4. The molecule has 31 heavy (non-hydrogen) atoms. The maximum atomic E-state index is 10.4. The molecule has 0 aromatic heterocycles. The van der Waals surface area contributed by atoms with Crippen LogP contribution in [0.25, 0.3) is 0 Å². The van der Waals surface area contributed by atoms with Crippen molar-refractivity contribution < 1.29 is 10.2 Å². The van der Waals surface area contributed by atoms with Crippen LogP contribution in [0.5, 0.6) is 11.5 Å². The van der Waals surface area contributed by atoms with Crippen molar-refractivity contribution in [2.45, 2.75) is 89.1 Å². The lowest BCUT2D eigenvalue weighted by Gasteiger charge is -2.29. The van der Waals surface area contributed by atoms with Gasteiger partial charge in [0.25, 0.3) is 0 Å². The largest absolute Gasteiger partial charge is 0.507 e. The minimum absolute atomic E-state index is 0.491. The fourth-order valence-electron chi connectivity index (χ4n) is 3.87. The molecule has 5 heteroatoms. The van der Waals surface area contributed by atoms with Gasteiger partial charge in [-0.05, 0) is 83.0 Å². The summed E-state index contributed by atoms with van der Waals surface area (Å²) in [7, 11) is -1.45. The van der Waals surface area contributed by atoms with E-state index in [-0.39, 0.29) is 0 Å². The van der Waals surface area contributed by atoms with E-state index in [1.807, 2.05) is 23.5 Å². The Labute approximate surface area is 199 Å². The molecule has 0 heterocycles. The van der Waals surface area contributed by atoms with Crippen molar-refractivity contribution in [3.63, 3.8) is 0 Å². The Morgan fingerprint density at radius 2 is 0.871 bits per heavy atom. The molecule has 2 aromatic rings. The zero-order valence-corrected chi connectivity index (χ0v) is 22.8. The number of hydrogen-bond acceptors (Lipinski definition) is 4. The van der Waals surface area contributed by atoms with Crippen molar-refractivity contribution in [3.8, 4) is 11.5 Å². The Kier molecular flexibility index (Phi) is 10.4. The number of benzene rings is 2. The van der Waals surface area contributed by atoms with Crippen LogP contribution in [0.1, 0.15) is 63.8 Å². The first-order chi connectivity index (χ1) is 14.9. The van der Waals surface area contributed by atoms with E-state index in [4.69, 9.17) is 0 Å². The molecule has 0 atom stereocenters. The number of thioether (sulfide) groups is 2. The molecule has 0 fully saturated rings. The second-order valence-corrected chi connectivity index (χ2v) is 16.6. The molecule has 172 valence electrons. The van der Waals surface area contributed by atoms with Gasteiger partial charge in [0.05, 0.1) is 8.07 Å². The van der Waals surface area contributed by atoms with Crippen LogP contribution in [0.3, 0.4) is 0 Å². The molecule has 0 amide bonds. The van der Waals surface area contributed by atoms with E-state index in [1.54, 1.807) is 0 Å². The molecule has 0 aliphatic rings. The third-order valence-corrected chi connectivity index (χ3v) is 16.8. The first-order valence-corrected chi connectivity index (χ1v) is 16.6. The highest BCUT2D eigenvalue weighted by Crippen LogP contribution is 2.36. The summed E-state index contributed by atoms with van der Waals surface area (Å²) >= 11 is 3.99. The highest BCUT2D eigenvalue weighted by molar-refractivity contribution is 8.03. The van der Waals surface area contributed by atoms with Crippen LogP contribution < -0.4 is 0 Å². The van der Waals surface area contributed by atoms with Gasteiger partial charge in [0.1, 0.15) is 11.5 Å². The number of aryl methyl sites for hydroxylation is 4.